The van der Waals surface area contributed by atoms with Crippen molar-refractivity contribution in [1.29, 1.82) is 0 Å². The van der Waals surface area contributed by atoms with Crippen molar-refractivity contribution >= 4 is 34.5 Å². The van der Waals surface area contributed by atoms with Crippen LogP contribution >= 0.6 is 34.5 Å². The minimum Gasteiger partial charge on any atom is -0.388 e. The molecule has 1 heterocycles. The molecule has 2 aromatic rings. The Morgan fingerprint density at radius 1 is 1.22 bits per heavy atom. The summed E-state index contributed by atoms with van der Waals surface area (Å²) in [5.74, 6) is 0. The van der Waals surface area contributed by atoms with Crippen molar-refractivity contribution < 1.29 is 5.11 Å². The summed E-state index contributed by atoms with van der Waals surface area (Å²) >= 11 is 13.2. The van der Waals surface area contributed by atoms with Gasteiger partial charge in [-0.15, -0.1) is 11.3 Å². The van der Waals surface area contributed by atoms with Crippen LogP contribution in [-0.4, -0.2) is 5.11 Å². The number of hydrogen-bond donors (Lipinski definition) is 1. The van der Waals surface area contributed by atoms with Crippen LogP contribution in [0.1, 0.15) is 28.4 Å². The summed E-state index contributed by atoms with van der Waals surface area (Å²) in [5.41, 5.74) is 4.26. The van der Waals surface area contributed by atoms with Crippen molar-refractivity contribution in [3.63, 3.8) is 0 Å². The summed E-state index contributed by atoms with van der Waals surface area (Å²) in [7, 11) is 0. The fourth-order valence-electron chi connectivity index (χ4n) is 2.05. The molecule has 0 aliphatic rings. The van der Waals surface area contributed by atoms with Gasteiger partial charge in [-0.1, -0.05) is 41.4 Å². The lowest BCUT2D eigenvalue weighted by molar-refractivity contribution is 0.178. The van der Waals surface area contributed by atoms with Crippen LogP contribution in [0, 0.1) is 13.8 Å². The molecule has 0 saturated heterocycles. The number of halogens is 2. The Hall–Kier alpha value is -0.540. The van der Waals surface area contributed by atoms with E-state index in [1.807, 2.05) is 6.07 Å². The van der Waals surface area contributed by atoms with E-state index in [4.69, 9.17) is 23.2 Å². The van der Waals surface area contributed by atoms with Gasteiger partial charge in [0.05, 0.1) is 10.4 Å². The molecular weight excluding hydrogens is 287 g/mol. The van der Waals surface area contributed by atoms with Gasteiger partial charge in [-0.3, -0.25) is 0 Å². The zero-order valence-corrected chi connectivity index (χ0v) is 12.5. The Bertz CT molecular complexity index is 543. The molecule has 0 aliphatic carbocycles. The standard InChI is InChI=1S/C14H14Cl2OS/c1-8-4-3-5-9(2)10(8)6-12(17)11-7-13(15)18-14(11)16/h3-5,7,12,17H,6H2,1-2H3. The Morgan fingerprint density at radius 2 is 1.83 bits per heavy atom. The molecule has 0 radical (unpaired) electrons. The maximum atomic E-state index is 10.3. The third-order valence-electron chi connectivity index (χ3n) is 3.08. The predicted molar refractivity (Wildman–Crippen MR) is 78.9 cm³/mol. The van der Waals surface area contributed by atoms with E-state index in [9.17, 15) is 5.11 Å². The van der Waals surface area contributed by atoms with Crippen LogP contribution in [0.25, 0.3) is 0 Å². The van der Waals surface area contributed by atoms with Crippen LogP contribution in [0.4, 0.5) is 0 Å². The van der Waals surface area contributed by atoms with Gasteiger partial charge in [-0.2, -0.15) is 0 Å². The molecule has 2 rings (SSSR count). The molecule has 96 valence electrons. The van der Waals surface area contributed by atoms with Crippen molar-refractivity contribution in [3.8, 4) is 0 Å². The number of aryl methyl sites for hydroxylation is 2. The lowest BCUT2D eigenvalue weighted by Gasteiger charge is -2.14. The Balaban J connectivity index is 2.26. The lowest BCUT2D eigenvalue weighted by Crippen LogP contribution is -2.04. The second kappa shape index (κ2) is 5.62. The van der Waals surface area contributed by atoms with Crippen molar-refractivity contribution in [2.24, 2.45) is 0 Å². The Morgan fingerprint density at radius 3 is 2.33 bits per heavy atom. The lowest BCUT2D eigenvalue weighted by atomic mass is 9.95. The minimum atomic E-state index is -0.610. The monoisotopic (exact) mass is 300 g/mol. The summed E-state index contributed by atoms with van der Waals surface area (Å²) in [6, 6.07) is 7.87. The number of thiophene rings is 1. The molecule has 1 aromatic heterocycles. The van der Waals surface area contributed by atoms with Crippen LogP contribution in [0.3, 0.4) is 0 Å². The first-order valence-electron chi connectivity index (χ1n) is 5.67. The molecule has 1 nitrogen and oxygen atoms in total. The van der Waals surface area contributed by atoms with Crippen molar-refractivity contribution in [2.45, 2.75) is 26.4 Å². The van der Waals surface area contributed by atoms with E-state index in [1.165, 1.54) is 28.0 Å². The highest BCUT2D eigenvalue weighted by Crippen LogP contribution is 2.36. The Kier molecular flexibility index (Phi) is 4.33. The molecule has 0 aliphatic heterocycles. The molecule has 0 bridgehead atoms. The van der Waals surface area contributed by atoms with Crippen LogP contribution in [0.2, 0.25) is 8.67 Å². The van der Waals surface area contributed by atoms with Gasteiger partial charge < -0.3 is 5.11 Å². The highest BCUT2D eigenvalue weighted by molar-refractivity contribution is 7.20. The van der Waals surface area contributed by atoms with Gasteiger partial charge in [0, 0.05) is 12.0 Å². The van der Waals surface area contributed by atoms with Crippen molar-refractivity contribution in [1.82, 2.24) is 0 Å². The van der Waals surface area contributed by atoms with Crippen LogP contribution in [-0.2, 0) is 6.42 Å². The average Bonchev–Trinajstić information content (AvgIpc) is 2.63. The van der Waals surface area contributed by atoms with Crippen LogP contribution < -0.4 is 0 Å². The van der Waals surface area contributed by atoms with Gasteiger partial charge in [-0.25, -0.2) is 0 Å². The van der Waals surface area contributed by atoms with Gasteiger partial charge in [-0.05, 0) is 36.6 Å². The second-order valence-corrected chi connectivity index (χ2v) is 6.66. The van der Waals surface area contributed by atoms with Gasteiger partial charge in [0.2, 0.25) is 0 Å². The van der Waals surface area contributed by atoms with E-state index >= 15 is 0 Å². The second-order valence-electron chi connectivity index (χ2n) is 4.37. The molecular formula is C14H14Cl2OS. The first-order chi connectivity index (χ1) is 8.49. The molecule has 1 N–H and O–H groups in total. The highest BCUT2D eigenvalue weighted by Gasteiger charge is 2.17. The zero-order valence-electron chi connectivity index (χ0n) is 10.2. The van der Waals surface area contributed by atoms with E-state index in [0.29, 0.717) is 20.7 Å². The topological polar surface area (TPSA) is 20.2 Å². The molecule has 1 atom stereocenters. The zero-order chi connectivity index (χ0) is 13.3. The summed E-state index contributed by atoms with van der Waals surface area (Å²) in [5, 5.41) is 10.3. The summed E-state index contributed by atoms with van der Waals surface area (Å²) in [4.78, 5) is 0. The fourth-order valence-corrected chi connectivity index (χ4v) is 3.62. The first kappa shape index (κ1) is 13.9. The van der Waals surface area contributed by atoms with Crippen LogP contribution in [0.15, 0.2) is 24.3 Å². The number of aliphatic hydroxyl groups excluding tert-OH is 1. The molecule has 0 spiro atoms. The van der Waals surface area contributed by atoms with Gasteiger partial charge >= 0.3 is 0 Å². The van der Waals surface area contributed by atoms with Crippen molar-refractivity contribution in [2.75, 3.05) is 0 Å². The van der Waals surface area contributed by atoms with E-state index in [-0.39, 0.29) is 0 Å². The molecule has 0 amide bonds. The van der Waals surface area contributed by atoms with E-state index in [0.717, 1.165) is 0 Å². The fraction of sp³-hybridized carbons (Fsp3) is 0.286. The third kappa shape index (κ3) is 2.89. The molecule has 1 aromatic carbocycles. The van der Waals surface area contributed by atoms with Gasteiger partial charge in [0.1, 0.15) is 4.34 Å². The third-order valence-corrected chi connectivity index (χ3v) is 4.60. The first-order valence-corrected chi connectivity index (χ1v) is 7.24. The number of rotatable bonds is 3. The molecule has 0 fully saturated rings. The molecule has 18 heavy (non-hydrogen) atoms. The molecule has 0 saturated carbocycles. The largest absolute Gasteiger partial charge is 0.388 e. The van der Waals surface area contributed by atoms with Gasteiger partial charge in [0.25, 0.3) is 0 Å². The van der Waals surface area contributed by atoms with E-state index < -0.39 is 6.10 Å². The van der Waals surface area contributed by atoms with Crippen molar-refractivity contribution in [3.05, 3.63) is 55.2 Å². The van der Waals surface area contributed by atoms with E-state index in [1.54, 1.807) is 6.07 Å². The maximum Gasteiger partial charge on any atom is 0.100 e. The Labute approximate surface area is 121 Å². The quantitative estimate of drug-likeness (QED) is 0.850. The molecule has 1 unspecified atom stereocenters. The molecule has 4 heteroatoms. The van der Waals surface area contributed by atoms with Gasteiger partial charge in [0.15, 0.2) is 0 Å². The number of benzene rings is 1. The van der Waals surface area contributed by atoms with Crippen LogP contribution in [0.5, 0.6) is 0 Å². The highest BCUT2D eigenvalue weighted by atomic mass is 35.5. The number of hydrogen-bond acceptors (Lipinski definition) is 2. The average molecular weight is 301 g/mol. The summed E-state index contributed by atoms with van der Waals surface area (Å²) in [6.45, 7) is 4.11. The SMILES string of the molecule is Cc1cccc(C)c1CC(O)c1cc(Cl)sc1Cl. The summed E-state index contributed by atoms with van der Waals surface area (Å²) in [6.07, 6.45) is -0.0493. The summed E-state index contributed by atoms with van der Waals surface area (Å²) < 4.78 is 1.18. The predicted octanol–water partition coefficient (Wildman–Crippen LogP) is 4.95. The maximum absolute atomic E-state index is 10.3. The van der Waals surface area contributed by atoms with E-state index in [2.05, 4.69) is 26.0 Å². The normalized spacial score (nSPS) is 12.7. The smallest absolute Gasteiger partial charge is 0.100 e. The number of aliphatic hydroxyl groups is 1. The minimum absolute atomic E-state index is 0.561.